The van der Waals surface area contributed by atoms with Crippen LogP contribution in [0.15, 0.2) is 82.3 Å². The molecular weight excluding hydrogens is 384 g/mol. The Morgan fingerprint density at radius 1 is 1.00 bits per heavy atom. The molecule has 0 bridgehead atoms. The Morgan fingerprint density at radius 3 is 2.60 bits per heavy atom. The number of carboxylic acids is 1. The fraction of sp³-hybridized carbons (Fsp3) is 0. The average molecular weight is 398 g/mol. The van der Waals surface area contributed by atoms with E-state index in [1.165, 1.54) is 24.3 Å². The first-order chi connectivity index (χ1) is 14.5. The largest absolute Gasteiger partial charge is 0.508 e. The highest BCUT2D eigenvalue weighted by Gasteiger charge is 2.22. The van der Waals surface area contributed by atoms with Gasteiger partial charge in [0.25, 0.3) is 0 Å². The third-order valence-corrected chi connectivity index (χ3v) is 4.95. The molecular formula is C23H14N2O5. The van der Waals surface area contributed by atoms with Crippen molar-refractivity contribution in [2.75, 3.05) is 0 Å². The summed E-state index contributed by atoms with van der Waals surface area (Å²) in [5, 5.41) is 24.6. The second-order valence-corrected chi connectivity index (χ2v) is 6.80. The highest BCUT2D eigenvalue weighted by atomic mass is 16.4. The fourth-order valence-corrected chi connectivity index (χ4v) is 3.64. The molecule has 0 amide bonds. The van der Waals surface area contributed by atoms with Gasteiger partial charge in [-0.2, -0.15) is 5.10 Å². The van der Waals surface area contributed by atoms with E-state index in [2.05, 4.69) is 5.10 Å². The molecule has 7 nitrogen and oxygen atoms in total. The lowest BCUT2D eigenvalue weighted by Crippen LogP contribution is -2.05. The third kappa shape index (κ3) is 2.80. The van der Waals surface area contributed by atoms with E-state index in [-0.39, 0.29) is 16.7 Å². The first kappa shape index (κ1) is 17.7. The van der Waals surface area contributed by atoms with Crippen LogP contribution in [0.3, 0.4) is 0 Å². The number of carbonyl (C=O) groups is 1. The summed E-state index contributed by atoms with van der Waals surface area (Å²) in [4.78, 5) is 24.0. The Kier molecular flexibility index (Phi) is 3.89. The van der Waals surface area contributed by atoms with Crippen LogP contribution in [0.1, 0.15) is 10.4 Å². The molecule has 0 atom stereocenters. The predicted molar refractivity (Wildman–Crippen MR) is 110 cm³/mol. The number of hydrogen-bond acceptors (Lipinski definition) is 5. The number of carboxylic acid groups (broad SMARTS) is 1. The number of nitrogens with zero attached hydrogens (tertiary/aromatic N) is 2. The van der Waals surface area contributed by atoms with Gasteiger partial charge >= 0.3 is 5.97 Å². The van der Waals surface area contributed by atoms with Crippen molar-refractivity contribution in [3.8, 4) is 33.9 Å². The van der Waals surface area contributed by atoms with Crippen LogP contribution in [0.2, 0.25) is 0 Å². The molecule has 2 N–H and O–H groups in total. The lowest BCUT2D eigenvalue weighted by molar-refractivity contribution is 0.0697. The Morgan fingerprint density at radius 2 is 1.83 bits per heavy atom. The molecule has 2 heterocycles. The fourth-order valence-electron chi connectivity index (χ4n) is 3.64. The summed E-state index contributed by atoms with van der Waals surface area (Å²) in [7, 11) is 0. The molecule has 5 rings (SSSR count). The number of benzene rings is 3. The minimum Gasteiger partial charge on any atom is -0.508 e. The lowest BCUT2D eigenvalue weighted by atomic mass is 9.90. The molecule has 0 fully saturated rings. The van der Waals surface area contributed by atoms with Crippen LogP contribution in [0.5, 0.6) is 5.75 Å². The highest BCUT2D eigenvalue weighted by Crippen LogP contribution is 2.42. The van der Waals surface area contributed by atoms with Crippen molar-refractivity contribution in [1.29, 1.82) is 0 Å². The highest BCUT2D eigenvalue weighted by molar-refractivity contribution is 6.07. The number of aromatic hydroxyl groups is 1. The van der Waals surface area contributed by atoms with Gasteiger partial charge in [0, 0.05) is 41.0 Å². The molecule has 7 heteroatoms. The van der Waals surface area contributed by atoms with Gasteiger partial charge in [-0.15, -0.1) is 0 Å². The van der Waals surface area contributed by atoms with Crippen LogP contribution in [0, 0.1) is 0 Å². The topological polar surface area (TPSA) is 106 Å². The maximum atomic E-state index is 12.2. The Bertz CT molecular complexity index is 1450. The summed E-state index contributed by atoms with van der Waals surface area (Å²) in [6.45, 7) is 0. The first-order valence-corrected chi connectivity index (χ1v) is 9.08. The van der Waals surface area contributed by atoms with Crippen LogP contribution >= 0.6 is 0 Å². The molecule has 1 aliphatic carbocycles. The molecule has 0 spiro atoms. The monoisotopic (exact) mass is 398 g/mol. The van der Waals surface area contributed by atoms with Gasteiger partial charge in [-0.05, 0) is 48.0 Å². The van der Waals surface area contributed by atoms with E-state index >= 15 is 0 Å². The van der Waals surface area contributed by atoms with E-state index in [4.69, 9.17) is 4.42 Å². The van der Waals surface area contributed by atoms with Crippen LogP contribution in [0.4, 0.5) is 0 Å². The van der Waals surface area contributed by atoms with Gasteiger partial charge in [0.2, 0.25) is 0 Å². The van der Waals surface area contributed by atoms with E-state index in [1.807, 2.05) is 0 Å². The van der Waals surface area contributed by atoms with E-state index in [9.17, 15) is 19.8 Å². The third-order valence-electron chi connectivity index (χ3n) is 4.95. The predicted octanol–water partition coefficient (Wildman–Crippen LogP) is 4.15. The Balaban J connectivity index is 1.88. The quantitative estimate of drug-likeness (QED) is 0.442. The second-order valence-electron chi connectivity index (χ2n) is 6.80. The molecule has 0 radical (unpaired) electrons. The number of rotatable bonds is 3. The zero-order chi connectivity index (χ0) is 20.8. The molecule has 0 unspecified atom stereocenters. The Labute approximate surface area is 169 Å². The maximum Gasteiger partial charge on any atom is 0.336 e. The molecule has 0 saturated carbocycles. The molecule has 1 aromatic heterocycles. The summed E-state index contributed by atoms with van der Waals surface area (Å²) in [6, 6.07) is 15.8. The van der Waals surface area contributed by atoms with Crippen LogP contribution < -0.4 is 5.43 Å². The van der Waals surface area contributed by atoms with E-state index in [0.29, 0.717) is 39.1 Å². The number of phenols is 1. The van der Waals surface area contributed by atoms with Crippen LogP contribution in [0.25, 0.3) is 39.1 Å². The smallest absolute Gasteiger partial charge is 0.336 e. The average Bonchev–Trinajstić information content (AvgIpc) is 3.26. The van der Waals surface area contributed by atoms with Gasteiger partial charge in [0.05, 0.1) is 11.3 Å². The van der Waals surface area contributed by atoms with Crippen molar-refractivity contribution < 1.29 is 19.4 Å². The summed E-state index contributed by atoms with van der Waals surface area (Å²) < 4.78 is 7.41. The molecule has 3 aromatic rings. The lowest BCUT2D eigenvalue weighted by Gasteiger charge is -2.17. The molecule has 1 aliphatic heterocycles. The zero-order valence-corrected chi connectivity index (χ0v) is 15.4. The SMILES string of the molecule is O=C(O)c1cc(-n2cccn2)ccc1-c1c2ccc(=O)cc-2oc2cc(O)ccc12. The molecule has 146 valence electrons. The minimum atomic E-state index is -1.10. The van der Waals surface area contributed by atoms with Gasteiger partial charge in [-0.1, -0.05) is 6.07 Å². The molecule has 2 aliphatic rings. The number of hydrogen-bond donors (Lipinski definition) is 2. The standard InChI is InChI=1S/C23H14N2O5/c26-14-3-6-17-20(11-14)30-21-12-15(27)4-7-18(21)22(17)16-5-2-13(10-19(16)23(28)29)25-9-1-8-24-25/h1-12,26H,(H,28,29). The maximum absolute atomic E-state index is 12.2. The summed E-state index contributed by atoms with van der Waals surface area (Å²) >= 11 is 0. The summed E-state index contributed by atoms with van der Waals surface area (Å²) in [5.41, 5.74) is 2.47. The number of phenolic OH excluding ortho intramolecular Hbond substituents is 1. The van der Waals surface area contributed by atoms with Crippen molar-refractivity contribution in [3.05, 3.63) is 88.8 Å². The van der Waals surface area contributed by atoms with Crippen LogP contribution in [-0.2, 0) is 0 Å². The number of aromatic carboxylic acids is 1. The van der Waals surface area contributed by atoms with Crippen molar-refractivity contribution in [2.45, 2.75) is 0 Å². The summed E-state index contributed by atoms with van der Waals surface area (Å²) in [6.07, 6.45) is 3.34. The van der Waals surface area contributed by atoms with E-state index < -0.39 is 5.97 Å². The number of aromatic nitrogens is 2. The van der Waals surface area contributed by atoms with E-state index in [0.717, 1.165) is 0 Å². The van der Waals surface area contributed by atoms with E-state index in [1.54, 1.807) is 53.5 Å². The summed E-state index contributed by atoms with van der Waals surface area (Å²) in [5.74, 6) is -0.786. The van der Waals surface area contributed by atoms with Gasteiger partial charge in [0.15, 0.2) is 5.43 Å². The van der Waals surface area contributed by atoms with Crippen molar-refractivity contribution in [2.24, 2.45) is 0 Å². The first-order valence-electron chi connectivity index (χ1n) is 9.08. The van der Waals surface area contributed by atoms with Gasteiger partial charge in [-0.3, -0.25) is 4.79 Å². The minimum absolute atomic E-state index is 0.00214. The van der Waals surface area contributed by atoms with Gasteiger partial charge in [0.1, 0.15) is 17.1 Å². The van der Waals surface area contributed by atoms with Crippen LogP contribution in [-0.4, -0.2) is 26.0 Å². The van der Waals surface area contributed by atoms with Crippen molar-refractivity contribution in [3.63, 3.8) is 0 Å². The molecule has 0 saturated heterocycles. The Hall–Kier alpha value is -4.39. The molecule has 2 aromatic carbocycles. The normalized spacial score (nSPS) is 11.2. The van der Waals surface area contributed by atoms with Gasteiger partial charge in [-0.25, -0.2) is 9.48 Å². The van der Waals surface area contributed by atoms with Crippen molar-refractivity contribution >= 4 is 16.9 Å². The second kappa shape index (κ2) is 6.59. The molecule has 30 heavy (non-hydrogen) atoms. The van der Waals surface area contributed by atoms with Gasteiger partial charge < -0.3 is 14.6 Å². The number of fused-ring (bicyclic) bond motifs is 2. The van der Waals surface area contributed by atoms with Crippen molar-refractivity contribution in [1.82, 2.24) is 9.78 Å². The zero-order valence-electron chi connectivity index (χ0n) is 15.4.